The van der Waals surface area contributed by atoms with E-state index in [0.29, 0.717) is 0 Å². The monoisotopic (exact) mass is 341 g/mol. The highest BCUT2D eigenvalue weighted by Gasteiger charge is 2.13. The van der Waals surface area contributed by atoms with Crippen molar-refractivity contribution in [3.63, 3.8) is 0 Å². The van der Waals surface area contributed by atoms with Gasteiger partial charge in [0.1, 0.15) is 11.5 Å². The summed E-state index contributed by atoms with van der Waals surface area (Å²) in [5.41, 5.74) is 8.59. The van der Waals surface area contributed by atoms with E-state index in [1.165, 1.54) is 9.13 Å². The van der Waals surface area contributed by atoms with Gasteiger partial charge in [0.15, 0.2) is 0 Å². The van der Waals surface area contributed by atoms with Crippen LogP contribution in [-0.2, 0) is 6.42 Å². The zero-order chi connectivity index (χ0) is 12.4. The van der Waals surface area contributed by atoms with Crippen molar-refractivity contribution in [3.8, 4) is 0 Å². The molecule has 2 rings (SSSR count). The lowest BCUT2D eigenvalue weighted by Gasteiger charge is -2.10. The zero-order valence-corrected chi connectivity index (χ0v) is 12.2. The third kappa shape index (κ3) is 3.10. The van der Waals surface area contributed by atoms with Gasteiger partial charge in [-0.25, -0.2) is 0 Å². The summed E-state index contributed by atoms with van der Waals surface area (Å²) in [6, 6.07) is 10.5. The van der Waals surface area contributed by atoms with Gasteiger partial charge in [0, 0.05) is 15.2 Å². The number of hydrogen-bond donors (Lipinski definition) is 1. The van der Waals surface area contributed by atoms with Crippen molar-refractivity contribution in [2.24, 2.45) is 5.73 Å². The Labute approximate surface area is 115 Å². The Morgan fingerprint density at radius 2 is 1.88 bits per heavy atom. The molecule has 90 valence electrons. The number of nitrogens with two attached hydrogens (primary N) is 1. The Balaban J connectivity index is 2.14. The van der Waals surface area contributed by atoms with Crippen LogP contribution in [0.25, 0.3) is 0 Å². The lowest BCUT2D eigenvalue weighted by Crippen LogP contribution is -2.13. The summed E-state index contributed by atoms with van der Waals surface area (Å²) in [6.07, 6.45) is 0.844. The SMILES string of the molecule is Cc1cc(C(N)Cc2ccc(I)cc2)c(C)o1. The molecule has 1 unspecified atom stereocenters. The maximum absolute atomic E-state index is 6.22. The molecule has 1 heterocycles. The summed E-state index contributed by atoms with van der Waals surface area (Å²) in [7, 11) is 0. The summed E-state index contributed by atoms with van der Waals surface area (Å²) in [6.45, 7) is 3.92. The molecule has 2 nitrogen and oxygen atoms in total. The molecule has 2 N–H and O–H groups in total. The van der Waals surface area contributed by atoms with Gasteiger partial charge in [0.25, 0.3) is 0 Å². The van der Waals surface area contributed by atoms with E-state index in [9.17, 15) is 0 Å². The summed E-state index contributed by atoms with van der Waals surface area (Å²) >= 11 is 2.30. The maximum Gasteiger partial charge on any atom is 0.105 e. The van der Waals surface area contributed by atoms with Crippen LogP contribution in [0.15, 0.2) is 34.7 Å². The van der Waals surface area contributed by atoms with Crippen molar-refractivity contribution in [1.82, 2.24) is 0 Å². The van der Waals surface area contributed by atoms with Crippen molar-refractivity contribution in [2.45, 2.75) is 26.3 Å². The minimum atomic E-state index is 0.00695. The normalized spacial score (nSPS) is 12.7. The highest BCUT2D eigenvalue weighted by molar-refractivity contribution is 14.1. The first kappa shape index (κ1) is 12.6. The van der Waals surface area contributed by atoms with Gasteiger partial charge in [-0.2, -0.15) is 0 Å². The van der Waals surface area contributed by atoms with E-state index in [1.807, 2.05) is 19.9 Å². The van der Waals surface area contributed by atoms with E-state index in [-0.39, 0.29) is 6.04 Å². The number of rotatable bonds is 3. The second-order valence-electron chi connectivity index (χ2n) is 4.31. The Hall–Kier alpha value is -0.810. The van der Waals surface area contributed by atoms with Crippen LogP contribution in [0.4, 0.5) is 0 Å². The van der Waals surface area contributed by atoms with Gasteiger partial charge in [0.2, 0.25) is 0 Å². The molecule has 1 atom stereocenters. The molecule has 0 fully saturated rings. The third-order valence-electron chi connectivity index (χ3n) is 2.85. The fourth-order valence-corrected chi connectivity index (χ4v) is 2.36. The molecule has 0 aliphatic carbocycles. The average molecular weight is 341 g/mol. The Morgan fingerprint density at radius 1 is 1.24 bits per heavy atom. The fraction of sp³-hybridized carbons (Fsp3) is 0.286. The largest absolute Gasteiger partial charge is 0.466 e. The van der Waals surface area contributed by atoms with Crippen molar-refractivity contribution >= 4 is 22.6 Å². The van der Waals surface area contributed by atoms with E-state index in [1.54, 1.807) is 0 Å². The summed E-state index contributed by atoms with van der Waals surface area (Å²) in [5.74, 6) is 1.86. The Morgan fingerprint density at radius 3 is 2.41 bits per heavy atom. The number of halogens is 1. The van der Waals surface area contributed by atoms with Gasteiger partial charge >= 0.3 is 0 Å². The molecule has 17 heavy (non-hydrogen) atoms. The van der Waals surface area contributed by atoms with Crippen LogP contribution < -0.4 is 5.73 Å². The van der Waals surface area contributed by atoms with Crippen molar-refractivity contribution < 1.29 is 4.42 Å². The van der Waals surface area contributed by atoms with Gasteiger partial charge in [-0.15, -0.1) is 0 Å². The molecule has 2 aromatic rings. The maximum atomic E-state index is 6.22. The molecular weight excluding hydrogens is 325 g/mol. The molecule has 0 saturated heterocycles. The Kier molecular flexibility index (Phi) is 3.89. The summed E-state index contributed by atoms with van der Waals surface area (Å²) < 4.78 is 6.76. The number of furan rings is 1. The first-order valence-corrected chi connectivity index (χ1v) is 6.71. The second kappa shape index (κ2) is 5.23. The Bertz CT molecular complexity index is 501. The number of benzene rings is 1. The standard InChI is InChI=1S/C14H16INO/c1-9-7-13(10(2)17-9)14(16)8-11-3-5-12(15)6-4-11/h3-7,14H,8,16H2,1-2H3. The smallest absolute Gasteiger partial charge is 0.105 e. The van der Waals surface area contributed by atoms with Crippen LogP contribution in [0.3, 0.4) is 0 Å². The molecule has 3 heteroatoms. The van der Waals surface area contributed by atoms with Crippen LogP contribution in [0, 0.1) is 17.4 Å². The molecule has 0 aliphatic rings. The van der Waals surface area contributed by atoms with Gasteiger partial charge in [-0.05, 0) is 66.6 Å². The van der Waals surface area contributed by atoms with E-state index in [4.69, 9.17) is 10.2 Å². The molecule has 1 aromatic carbocycles. The first-order valence-electron chi connectivity index (χ1n) is 5.63. The van der Waals surface area contributed by atoms with Crippen molar-refractivity contribution in [2.75, 3.05) is 0 Å². The molecule has 0 saturated carbocycles. The van der Waals surface area contributed by atoms with E-state index >= 15 is 0 Å². The molecule has 1 aromatic heterocycles. The molecule has 0 bridgehead atoms. The van der Waals surface area contributed by atoms with Crippen LogP contribution >= 0.6 is 22.6 Å². The van der Waals surface area contributed by atoms with Gasteiger partial charge in [-0.3, -0.25) is 0 Å². The van der Waals surface area contributed by atoms with Gasteiger partial charge in [0.05, 0.1) is 0 Å². The second-order valence-corrected chi connectivity index (χ2v) is 5.55. The van der Waals surface area contributed by atoms with Gasteiger partial charge in [-0.1, -0.05) is 12.1 Å². The molecule has 0 spiro atoms. The van der Waals surface area contributed by atoms with Crippen molar-refractivity contribution in [1.29, 1.82) is 0 Å². The summed E-state index contributed by atoms with van der Waals surface area (Å²) in [5, 5.41) is 0. The van der Waals surface area contributed by atoms with Gasteiger partial charge < -0.3 is 10.2 Å². The quantitative estimate of drug-likeness (QED) is 0.864. The van der Waals surface area contributed by atoms with E-state index < -0.39 is 0 Å². The van der Waals surface area contributed by atoms with Crippen LogP contribution in [0.2, 0.25) is 0 Å². The minimum Gasteiger partial charge on any atom is -0.466 e. The predicted octanol–water partition coefficient (Wildman–Crippen LogP) is 3.74. The highest BCUT2D eigenvalue weighted by Crippen LogP contribution is 2.23. The lowest BCUT2D eigenvalue weighted by atomic mass is 10.00. The molecular formula is C14H16INO. The minimum absolute atomic E-state index is 0.00695. The summed E-state index contributed by atoms with van der Waals surface area (Å²) in [4.78, 5) is 0. The molecule has 0 amide bonds. The number of hydrogen-bond acceptors (Lipinski definition) is 2. The van der Waals surface area contributed by atoms with Crippen LogP contribution in [0.1, 0.15) is 28.7 Å². The van der Waals surface area contributed by atoms with Crippen LogP contribution in [-0.4, -0.2) is 0 Å². The predicted molar refractivity (Wildman–Crippen MR) is 78.0 cm³/mol. The fourth-order valence-electron chi connectivity index (χ4n) is 2.00. The topological polar surface area (TPSA) is 39.2 Å². The van der Waals surface area contributed by atoms with Crippen molar-refractivity contribution in [3.05, 3.63) is 56.5 Å². The zero-order valence-electron chi connectivity index (χ0n) is 10.0. The molecule has 0 radical (unpaired) electrons. The highest BCUT2D eigenvalue weighted by atomic mass is 127. The van der Waals surface area contributed by atoms with E-state index in [0.717, 1.165) is 23.5 Å². The third-order valence-corrected chi connectivity index (χ3v) is 3.57. The average Bonchev–Trinajstić information content (AvgIpc) is 2.61. The lowest BCUT2D eigenvalue weighted by molar-refractivity contribution is 0.497. The van der Waals surface area contributed by atoms with E-state index in [2.05, 4.69) is 46.9 Å². The van der Waals surface area contributed by atoms with Crippen LogP contribution in [0.5, 0.6) is 0 Å². The number of aryl methyl sites for hydroxylation is 2. The first-order chi connectivity index (χ1) is 8.06. The molecule has 0 aliphatic heterocycles.